The highest BCUT2D eigenvalue weighted by molar-refractivity contribution is 6.05. The fraction of sp³-hybridized carbons (Fsp3) is 0.389. The third kappa shape index (κ3) is 4.04. The summed E-state index contributed by atoms with van der Waals surface area (Å²) in [7, 11) is 0. The van der Waals surface area contributed by atoms with Gasteiger partial charge in [0.1, 0.15) is 0 Å². The van der Waals surface area contributed by atoms with Crippen molar-refractivity contribution in [1.82, 2.24) is 25.2 Å². The number of ketones is 1. The Morgan fingerprint density at radius 1 is 1.14 bits per heavy atom. The Morgan fingerprint density at radius 3 is 2.52 bits per heavy atom. The van der Waals surface area contributed by atoms with Crippen LogP contribution in [0.3, 0.4) is 0 Å². The van der Waals surface area contributed by atoms with Crippen LogP contribution in [-0.4, -0.2) is 82.3 Å². The average molecular weight is 400 g/mol. The number of H-pyrrole nitrogens is 1. The zero-order chi connectivity index (χ0) is 20.4. The van der Waals surface area contributed by atoms with Crippen molar-refractivity contribution in [2.45, 2.75) is 6.92 Å². The van der Waals surface area contributed by atoms with Gasteiger partial charge in [-0.05, 0) is 13.0 Å². The van der Waals surface area contributed by atoms with Crippen molar-refractivity contribution in [1.29, 1.82) is 0 Å². The molecule has 1 aromatic heterocycles. The van der Waals surface area contributed by atoms with E-state index >= 15 is 0 Å². The first kappa shape index (κ1) is 18.9. The van der Waals surface area contributed by atoms with E-state index < -0.39 is 0 Å². The van der Waals surface area contributed by atoms with Gasteiger partial charge in [-0.15, -0.1) is 0 Å². The third-order valence-corrected chi connectivity index (χ3v) is 4.83. The second-order valence-electron chi connectivity index (χ2n) is 6.78. The lowest BCUT2D eigenvalue weighted by Gasteiger charge is -2.33. The molecular formula is C18H20N6O5. The number of nitrogens with zero attached hydrogens (tertiary/aromatic N) is 4. The van der Waals surface area contributed by atoms with E-state index in [4.69, 9.17) is 9.47 Å². The van der Waals surface area contributed by atoms with Crippen molar-refractivity contribution in [2.75, 3.05) is 44.8 Å². The molecule has 11 heteroatoms. The largest absolute Gasteiger partial charge is 0.454 e. The van der Waals surface area contributed by atoms with Crippen LogP contribution < -0.4 is 14.8 Å². The summed E-state index contributed by atoms with van der Waals surface area (Å²) in [5.74, 6) is 0.363. The van der Waals surface area contributed by atoms with E-state index in [1.54, 1.807) is 17.0 Å². The molecule has 2 N–H and O–H groups in total. The van der Waals surface area contributed by atoms with Gasteiger partial charge in [-0.1, -0.05) is 0 Å². The topological polar surface area (TPSA) is 130 Å². The summed E-state index contributed by atoms with van der Waals surface area (Å²) in [6.45, 7) is 3.75. The Bertz CT molecular complexity index is 936. The van der Waals surface area contributed by atoms with Crippen molar-refractivity contribution < 1.29 is 23.9 Å². The molecule has 2 amide bonds. The molecule has 0 radical (unpaired) electrons. The van der Waals surface area contributed by atoms with E-state index in [9.17, 15) is 14.4 Å². The number of ether oxygens (including phenoxy) is 2. The molecule has 0 aliphatic carbocycles. The number of amides is 2. The van der Waals surface area contributed by atoms with Crippen molar-refractivity contribution in [3.8, 4) is 11.5 Å². The van der Waals surface area contributed by atoms with Gasteiger partial charge in [0.2, 0.25) is 12.7 Å². The molecule has 0 bridgehead atoms. The molecule has 0 spiro atoms. The van der Waals surface area contributed by atoms with E-state index in [1.807, 2.05) is 4.90 Å². The maximum absolute atomic E-state index is 12.5. The zero-order valence-electron chi connectivity index (χ0n) is 15.8. The van der Waals surface area contributed by atoms with Crippen LogP contribution in [0.1, 0.15) is 27.8 Å². The van der Waals surface area contributed by atoms with E-state index in [2.05, 4.69) is 20.7 Å². The molecule has 3 heterocycles. The van der Waals surface area contributed by atoms with Gasteiger partial charge in [0.05, 0.1) is 18.4 Å². The molecule has 4 rings (SSSR count). The highest BCUT2D eigenvalue weighted by Gasteiger charge is 2.25. The number of carbonyl (C=O) groups is 3. The molecule has 2 aromatic rings. The predicted octanol–water partition coefficient (Wildman–Crippen LogP) is 0.133. The van der Waals surface area contributed by atoms with Gasteiger partial charge in [-0.2, -0.15) is 15.4 Å². The number of Topliss-reactive ketones (excluding diaryl/α,β-unsaturated/α-hetero) is 1. The van der Waals surface area contributed by atoms with Crippen LogP contribution in [0, 0.1) is 0 Å². The minimum Gasteiger partial charge on any atom is -0.454 e. The Hall–Kier alpha value is -3.47. The molecule has 11 nitrogen and oxygen atoms in total. The molecule has 2 aliphatic rings. The van der Waals surface area contributed by atoms with Crippen molar-refractivity contribution >= 4 is 23.3 Å². The Morgan fingerprint density at radius 2 is 1.86 bits per heavy atom. The van der Waals surface area contributed by atoms with Crippen LogP contribution in [0.5, 0.6) is 11.5 Å². The maximum atomic E-state index is 12.5. The molecule has 0 unspecified atom stereocenters. The number of hydrogen-bond donors (Lipinski definition) is 2. The summed E-state index contributed by atoms with van der Waals surface area (Å²) in [5, 5.41) is 12.7. The summed E-state index contributed by atoms with van der Waals surface area (Å²) >= 11 is 0. The lowest BCUT2D eigenvalue weighted by molar-refractivity contribution is -0.117. The molecule has 1 aromatic carbocycles. The third-order valence-electron chi connectivity index (χ3n) is 4.83. The number of aromatic nitrogens is 3. The minimum absolute atomic E-state index is 0.0847. The highest BCUT2D eigenvalue weighted by Crippen LogP contribution is 2.37. The van der Waals surface area contributed by atoms with Crippen LogP contribution in [0.2, 0.25) is 0 Å². The number of benzene rings is 1. The van der Waals surface area contributed by atoms with Gasteiger partial charge in [0.25, 0.3) is 5.91 Å². The lowest BCUT2D eigenvalue weighted by atomic mass is 10.1. The van der Waals surface area contributed by atoms with Gasteiger partial charge in [0.15, 0.2) is 23.0 Å². The SMILES string of the molecule is CC(=O)c1cc2c(cc1NC(=O)CN1CCN(C(=O)c3cn[nH]n3)CC1)OCO2. The van der Waals surface area contributed by atoms with E-state index in [0.717, 1.165) is 0 Å². The first-order chi connectivity index (χ1) is 14.0. The van der Waals surface area contributed by atoms with Crippen molar-refractivity contribution in [2.24, 2.45) is 0 Å². The Labute approximate surface area is 165 Å². The minimum atomic E-state index is -0.248. The standard InChI is InChI=1S/C18H20N6O5/c1-11(25)12-6-15-16(29-10-28-15)7-13(12)20-17(26)9-23-2-4-24(5-3-23)18(27)14-8-19-22-21-14/h6-8H,2-5,9-10H2,1H3,(H,20,26)(H,19,21,22). The van der Waals surface area contributed by atoms with E-state index in [0.29, 0.717) is 48.9 Å². The fourth-order valence-electron chi connectivity index (χ4n) is 3.31. The molecular weight excluding hydrogens is 380 g/mol. The fourth-order valence-corrected chi connectivity index (χ4v) is 3.31. The first-order valence-electron chi connectivity index (χ1n) is 9.13. The first-order valence-corrected chi connectivity index (χ1v) is 9.13. The molecule has 1 fully saturated rings. The van der Waals surface area contributed by atoms with Crippen LogP contribution in [0.15, 0.2) is 18.3 Å². The number of fused-ring (bicyclic) bond motifs is 1. The smallest absolute Gasteiger partial charge is 0.276 e. The molecule has 2 aliphatic heterocycles. The number of hydrogen-bond acceptors (Lipinski definition) is 8. The zero-order valence-corrected chi connectivity index (χ0v) is 15.8. The van der Waals surface area contributed by atoms with Gasteiger partial charge < -0.3 is 19.7 Å². The Balaban J connectivity index is 1.34. The second kappa shape index (κ2) is 7.87. The quantitative estimate of drug-likeness (QED) is 0.678. The van der Waals surface area contributed by atoms with Crippen LogP contribution >= 0.6 is 0 Å². The van der Waals surface area contributed by atoms with Gasteiger partial charge in [-0.3, -0.25) is 19.3 Å². The van der Waals surface area contributed by atoms with Crippen LogP contribution in [0.4, 0.5) is 5.69 Å². The highest BCUT2D eigenvalue weighted by atomic mass is 16.7. The summed E-state index contributed by atoms with van der Waals surface area (Å²) in [6, 6.07) is 3.18. The summed E-state index contributed by atoms with van der Waals surface area (Å²) in [5.41, 5.74) is 1.04. The van der Waals surface area contributed by atoms with Crippen LogP contribution in [0.25, 0.3) is 0 Å². The van der Waals surface area contributed by atoms with Crippen molar-refractivity contribution in [3.63, 3.8) is 0 Å². The maximum Gasteiger partial charge on any atom is 0.276 e. The van der Waals surface area contributed by atoms with Crippen molar-refractivity contribution in [3.05, 3.63) is 29.6 Å². The number of carbonyl (C=O) groups excluding carboxylic acids is 3. The molecule has 29 heavy (non-hydrogen) atoms. The van der Waals surface area contributed by atoms with Gasteiger partial charge in [0, 0.05) is 37.8 Å². The summed E-state index contributed by atoms with van der Waals surface area (Å²) in [4.78, 5) is 40.3. The number of nitrogens with one attached hydrogen (secondary N) is 2. The van der Waals surface area contributed by atoms with E-state index in [-0.39, 0.29) is 36.6 Å². The number of rotatable bonds is 5. The number of anilines is 1. The Kier molecular flexibility index (Phi) is 5.12. The molecule has 152 valence electrons. The van der Waals surface area contributed by atoms with Gasteiger partial charge >= 0.3 is 0 Å². The lowest BCUT2D eigenvalue weighted by Crippen LogP contribution is -2.50. The monoisotopic (exact) mass is 400 g/mol. The molecule has 0 saturated carbocycles. The van der Waals surface area contributed by atoms with Gasteiger partial charge in [-0.25, -0.2) is 0 Å². The number of aromatic amines is 1. The van der Waals surface area contributed by atoms with E-state index in [1.165, 1.54) is 13.1 Å². The predicted molar refractivity (Wildman–Crippen MR) is 99.9 cm³/mol. The second-order valence-corrected chi connectivity index (χ2v) is 6.78. The normalized spacial score (nSPS) is 16.0. The average Bonchev–Trinajstić information content (AvgIpc) is 3.39. The number of piperazine rings is 1. The molecule has 1 saturated heterocycles. The van der Waals surface area contributed by atoms with Crippen LogP contribution in [-0.2, 0) is 4.79 Å². The summed E-state index contributed by atoms with van der Waals surface area (Å²) < 4.78 is 10.6. The summed E-state index contributed by atoms with van der Waals surface area (Å²) in [6.07, 6.45) is 1.39. The molecule has 0 atom stereocenters.